The van der Waals surface area contributed by atoms with Crippen molar-refractivity contribution in [3.05, 3.63) is 102 Å². The summed E-state index contributed by atoms with van der Waals surface area (Å²) in [6, 6.07) is 27.7. The maximum Gasteiger partial charge on any atom is 0.337 e. The van der Waals surface area contributed by atoms with Gasteiger partial charge in [0.05, 0.1) is 12.7 Å². The lowest BCUT2D eigenvalue weighted by Gasteiger charge is -2.30. The van der Waals surface area contributed by atoms with Crippen LogP contribution in [-0.4, -0.2) is 74.7 Å². The van der Waals surface area contributed by atoms with E-state index in [0.717, 1.165) is 45.6 Å². The monoisotopic (exact) mass is 514 g/mol. The number of ether oxygens (including phenoxy) is 1. The Morgan fingerprint density at radius 3 is 2.21 bits per heavy atom. The number of rotatable bonds is 11. The Morgan fingerprint density at radius 1 is 0.921 bits per heavy atom. The lowest BCUT2D eigenvalue weighted by Crippen LogP contribution is -2.45. The number of esters is 1. The third-order valence-corrected chi connectivity index (χ3v) is 7.03. The van der Waals surface area contributed by atoms with Gasteiger partial charge in [-0.05, 0) is 48.7 Å². The molecule has 7 heteroatoms. The molecule has 1 heterocycles. The molecule has 0 radical (unpaired) electrons. The van der Waals surface area contributed by atoms with Crippen molar-refractivity contribution < 1.29 is 14.3 Å². The summed E-state index contributed by atoms with van der Waals surface area (Å²) >= 11 is 0. The van der Waals surface area contributed by atoms with Crippen LogP contribution in [0.25, 0.3) is 0 Å². The number of anilines is 1. The molecule has 3 aromatic rings. The molecule has 0 aromatic heterocycles. The molecule has 3 aromatic carbocycles. The van der Waals surface area contributed by atoms with Crippen LogP contribution in [0.2, 0.25) is 0 Å². The van der Waals surface area contributed by atoms with E-state index >= 15 is 0 Å². The van der Waals surface area contributed by atoms with Gasteiger partial charge in [-0.2, -0.15) is 0 Å². The molecule has 0 unspecified atom stereocenters. The van der Waals surface area contributed by atoms with Gasteiger partial charge in [-0.1, -0.05) is 66.7 Å². The molecule has 200 valence electrons. The zero-order valence-corrected chi connectivity index (χ0v) is 22.1. The molecule has 1 aliphatic rings. The van der Waals surface area contributed by atoms with E-state index in [1.54, 1.807) is 24.3 Å². The second-order valence-electron chi connectivity index (χ2n) is 9.60. The largest absolute Gasteiger partial charge is 0.465 e. The number of nitrogens with zero attached hydrogens (tertiary/aromatic N) is 2. The standard InChI is InChI=1S/C31H38N4O3/c1-38-30(36)27-14-8-15-28(24-27)33-31(37)35(20-9-19-34-22-17-32-18-23-34)21-16-29(25-10-4-2-5-11-25)26-12-6-3-7-13-26/h2-8,10-15,24,29,32H,9,16-23H2,1H3,(H,33,37). The van der Waals surface area contributed by atoms with Crippen LogP contribution in [0.1, 0.15) is 40.2 Å². The zero-order valence-electron chi connectivity index (χ0n) is 22.1. The summed E-state index contributed by atoms with van der Waals surface area (Å²) in [5.74, 6) is -0.244. The molecule has 1 aliphatic heterocycles. The van der Waals surface area contributed by atoms with Crippen molar-refractivity contribution in [2.24, 2.45) is 0 Å². The highest BCUT2D eigenvalue weighted by atomic mass is 16.5. The Balaban J connectivity index is 1.47. The number of carbonyl (C=O) groups excluding carboxylic acids is 2. The Hall–Kier alpha value is -3.68. The zero-order chi connectivity index (χ0) is 26.6. The van der Waals surface area contributed by atoms with Gasteiger partial charge >= 0.3 is 12.0 Å². The second-order valence-corrected chi connectivity index (χ2v) is 9.60. The molecule has 38 heavy (non-hydrogen) atoms. The van der Waals surface area contributed by atoms with Gasteiger partial charge in [0.2, 0.25) is 0 Å². The van der Waals surface area contributed by atoms with E-state index in [1.165, 1.54) is 18.2 Å². The number of urea groups is 1. The lowest BCUT2D eigenvalue weighted by molar-refractivity contribution is 0.0600. The smallest absolute Gasteiger partial charge is 0.337 e. The van der Waals surface area contributed by atoms with Gasteiger partial charge in [-0.25, -0.2) is 9.59 Å². The Kier molecular flexibility index (Phi) is 10.3. The summed E-state index contributed by atoms with van der Waals surface area (Å²) in [6.07, 6.45) is 1.70. The van der Waals surface area contributed by atoms with Crippen molar-refractivity contribution >= 4 is 17.7 Å². The van der Waals surface area contributed by atoms with Crippen LogP contribution in [0.4, 0.5) is 10.5 Å². The van der Waals surface area contributed by atoms with Gasteiger partial charge < -0.3 is 25.2 Å². The minimum Gasteiger partial charge on any atom is -0.465 e. The van der Waals surface area contributed by atoms with Crippen LogP contribution in [0.3, 0.4) is 0 Å². The molecule has 2 N–H and O–H groups in total. The molecule has 7 nitrogen and oxygen atoms in total. The quantitative estimate of drug-likeness (QED) is 0.359. The van der Waals surface area contributed by atoms with Crippen LogP contribution >= 0.6 is 0 Å². The summed E-state index contributed by atoms with van der Waals surface area (Å²) < 4.78 is 4.83. The molecule has 4 rings (SSSR count). The first-order valence-electron chi connectivity index (χ1n) is 13.4. The van der Waals surface area contributed by atoms with Gasteiger partial charge in [0.25, 0.3) is 0 Å². The Labute approximate surface area is 225 Å². The summed E-state index contributed by atoms with van der Waals surface area (Å²) in [4.78, 5) is 29.8. The maximum atomic E-state index is 13.5. The lowest BCUT2D eigenvalue weighted by atomic mass is 9.88. The molecule has 0 saturated carbocycles. The number of nitrogens with one attached hydrogen (secondary N) is 2. The van der Waals surface area contributed by atoms with Crippen molar-refractivity contribution in [3.8, 4) is 0 Å². The highest BCUT2D eigenvalue weighted by molar-refractivity contribution is 5.93. The van der Waals surface area contributed by atoms with Crippen LogP contribution in [-0.2, 0) is 4.74 Å². The number of hydrogen-bond donors (Lipinski definition) is 2. The van der Waals surface area contributed by atoms with Gasteiger partial charge in [0.15, 0.2) is 0 Å². The van der Waals surface area contributed by atoms with Crippen LogP contribution < -0.4 is 10.6 Å². The first kappa shape index (κ1) is 27.4. The first-order valence-corrected chi connectivity index (χ1v) is 13.4. The molecule has 2 amide bonds. The summed E-state index contributed by atoms with van der Waals surface area (Å²) in [6.45, 7) is 6.33. The van der Waals surface area contributed by atoms with Crippen molar-refractivity contribution in [2.45, 2.75) is 18.8 Å². The summed E-state index contributed by atoms with van der Waals surface area (Å²) in [5.41, 5.74) is 3.47. The van der Waals surface area contributed by atoms with E-state index in [0.29, 0.717) is 24.3 Å². The van der Waals surface area contributed by atoms with Gasteiger partial charge in [0, 0.05) is 50.9 Å². The van der Waals surface area contributed by atoms with E-state index in [4.69, 9.17) is 4.74 Å². The molecule has 0 bridgehead atoms. The minimum absolute atomic E-state index is 0.160. The number of benzene rings is 3. The predicted octanol–water partition coefficient (Wildman–Crippen LogP) is 4.82. The molecular weight excluding hydrogens is 476 g/mol. The molecule has 0 aliphatic carbocycles. The third-order valence-electron chi connectivity index (χ3n) is 7.03. The first-order chi connectivity index (χ1) is 18.6. The van der Waals surface area contributed by atoms with Crippen molar-refractivity contribution in [1.29, 1.82) is 0 Å². The molecule has 1 saturated heterocycles. The SMILES string of the molecule is COC(=O)c1cccc(NC(=O)N(CCCN2CCNCC2)CCC(c2ccccc2)c2ccccc2)c1. The van der Waals surface area contributed by atoms with E-state index in [-0.39, 0.29) is 11.9 Å². The number of amides is 2. The average Bonchev–Trinajstić information content (AvgIpc) is 2.97. The van der Waals surface area contributed by atoms with E-state index in [1.807, 2.05) is 17.0 Å². The second kappa shape index (κ2) is 14.3. The number of hydrogen-bond acceptors (Lipinski definition) is 5. The predicted molar refractivity (Wildman–Crippen MR) is 152 cm³/mol. The number of carbonyl (C=O) groups is 2. The molecule has 0 spiro atoms. The van der Waals surface area contributed by atoms with Gasteiger partial charge in [-0.15, -0.1) is 0 Å². The average molecular weight is 515 g/mol. The van der Waals surface area contributed by atoms with Crippen LogP contribution in [0.15, 0.2) is 84.9 Å². The fraction of sp³-hybridized carbons (Fsp3) is 0.355. The maximum absolute atomic E-state index is 13.5. The Morgan fingerprint density at radius 2 is 1.58 bits per heavy atom. The summed E-state index contributed by atoms with van der Waals surface area (Å²) in [7, 11) is 1.35. The Bertz CT molecular complexity index is 1110. The van der Waals surface area contributed by atoms with Gasteiger partial charge in [0.1, 0.15) is 0 Å². The highest BCUT2D eigenvalue weighted by Crippen LogP contribution is 2.28. The van der Waals surface area contributed by atoms with Crippen LogP contribution in [0, 0.1) is 0 Å². The van der Waals surface area contributed by atoms with Crippen LogP contribution in [0.5, 0.6) is 0 Å². The highest BCUT2D eigenvalue weighted by Gasteiger charge is 2.20. The van der Waals surface area contributed by atoms with Crippen molar-refractivity contribution in [1.82, 2.24) is 15.1 Å². The molecule has 0 atom stereocenters. The fourth-order valence-corrected chi connectivity index (χ4v) is 4.96. The normalized spacial score (nSPS) is 13.7. The minimum atomic E-state index is -0.428. The molecular formula is C31H38N4O3. The topological polar surface area (TPSA) is 73.9 Å². The third kappa shape index (κ3) is 7.91. The van der Waals surface area contributed by atoms with Gasteiger partial charge in [-0.3, -0.25) is 0 Å². The van der Waals surface area contributed by atoms with Crippen molar-refractivity contribution in [2.75, 3.05) is 58.2 Å². The van der Waals surface area contributed by atoms with E-state index < -0.39 is 5.97 Å². The number of methoxy groups -OCH3 is 1. The van der Waals surface area contributed by atoms with Crippen molar-refractivity contribution in [3.63, 3.8) is 0 Å². The van der Waals surface area contributed by atoms with E-state index in [9.17, 15) is 9.59 Å². The fourth-order valence-electron chi connectivity index (χ4n) is 4.96. The molecule has 1 fully saturated rings. The number of piperazine rings is 1. The van der Waals surface area contributed by atoms with E-state index in [2.05, 4.69) is 64.1 Å². The summed E-state index contributed by atoms with van der Waals surface area (Å²) in [5, 5.41) is 6.40.